The number of halogens is 1. The third kappa shape index (κ3) is 3.49. The van der Waals surface area contributed by atoms with Crippen LogP contribution in [-0.2, 0) is 0 Å². The van der Waals surface area contributed by atoms with Crippen LogP contribution in [0.1, 0.15) is 26.7 Å². The van der Waals surface area contributed by atoms with Crippen molar-refractivity contribution in [2.24, 2.45) is 0 Å². The van der Waals surface area contributed by atoms with Crippen molar-refractivity contribution in [1.82, 2.24) is 9.97 Å². The molecule has 4 rings (SSSR count). The monoisotopic (exact) mass is 388 g/mol. The second kappa shape index (κ2) is 7.40. The molecule has 0 saturated carbocycles. The average molecular weight is 389 g/mol. The second-order valence-corrected chi connectivity index (χ2v) is 7.71. The zero-order valence-corrected chi connectivity index (χ0v) is 16.4. The normalized spacial score (nSPS) is 18.8. The Bertz CT molecular complexity index is 830. The summed E-state index contributed by atoms with van der Waals surface area (Å²) >= 11 is 6.13. The molecule has 8 heteroatoms. The van der Waals surface area contributed by atoms with Gasteiger partial charge in [0, 0.05) is 23.3 Å². The van der Waals surface area contributed by atoms with Crippen molar-refractivity contribution in [3.8, 4) is 0 Å². The molecule has 0 amide bonds. The lowest BCUT2D eigenvalue weighted by atomic mass is 10.2. The minimum atomic E-state index is 0.0731. The molecule has 2 aliphatic heterocycles. The predicted molar refractivity (Wildman–Crippen MR) is 110 cm³/mol. The standard InChI is InChI=1S/C19H25ClN6O/c1-12(2)26-11-21-16-17(22-14-6-3-5-13(20)9-14)23-19(24-18(16)26)25-8-4-7-15(25)10-27/h3,5-6,9,12,15,21,27H,4,7-8,10-11H2,1-2H3,(H,22,23,24)/t15-/m1/s1. The Labute approximate surface area is 164 Å². The zero-order valence-electron chi connectivity index (χ0n) is 15.6. The third-order valence-electron chi connectivity index (χ3n) is 5.13. The number of rotatable bonds is 5. The van der Waals surface area contributed by atoms with Crippen molar-refractivity contribution in [3.05, 3.63) is 29.3 Å². The lowest BCUT2D eigenvalue weighted by Crippen LogP contribution is -2.34. The molecular weight excluding hydrogens is 364 g/mol. The van der Waals surface area contributed by atoms with Gasteiger partial charge in [-0.2, -0.15) is 9.97 Å². The fraction of sp³-hybridized carbons (Fsp3) is 0.474. The average Bonchev–Trinajstić information content (AvgIpc) is 3.28. The van der Waals surface area contributed by atoms with Crippen molar-refractivity contribution in [3.63, 3.8) is 0 Å². The molecule has 0 spiro atoms. The fourth-order valence-corrected chi connectivity index (χ4v) is 3.88. The van der Waals surface area contributed by atoms with Crippen LogP contribution in [0.4, 0.5) is 29.0 Å². The largest absolute Gasteiger partial charge is 0.394 e. The molecule has 7 nitrogen and oxygen atoms in total. The summed E-state index contributed by atoms with van der Waals surface area (Å²) < 4.78 is 0. The lowest BCUT2D eigenvalue weighted by molar-refractivity contribution is 0.265. The number of nitrogens with one attached hydrogen (secondary N) is 2. The highest BCUT2D eigenvalue weighted by atomic mass is 35.5. The molecule has 1 aromatic carbocycles. The van der Waals surface area contributed by atoms with Gasteiger partial charge in [-0.05, 0) is 44.9 Å². The predicted octanol–water partition coefficient (Wildman–Crippen LogP) is 3.43. The molecule has 0 unspecified atom stereocenters. The van der Waals surface area contributed by atoms with E-state index in [2.05, 4.69) is 34.3 Å². The smallest absolute Gasteiger partial charge is 0.229 e. The van der Waals surface area contributed by atoms with Crippen LogP contribution in [0, 0.1) is 0 Å². The van der Waals surface area contributed by atoms with E-state index in [0.717, 1.165) is 42.4 Å². The first-order chi connectivity index (χ1) is 13.1. The number of benzene rings is 1. The van der Waals surface area contributed by atoms with Crippen LogP contribution in [-0.4, -0.2) is 47.0 Å². The Morgan fingerprint density at radius 2 is 2.22 bits per heavy atom. The molecule has 3 N–H and O–H groups in total. The molecule has 27 heavy (non-hydrogen) atoms. The van der Waals surface area contributed by atoms with E-state index in [4.69, 9.17) is 21.6 Å². The number of hydrogen-bond acceptors (Lipinski definition) is 7. The summed E-state index contributed by atoms with van der Waals surface area (Å²) in [5.41, 5.74) is 1.77. The Hall–Kier alpha value is -2.25. The molecule has 0 radical (unpaired) electrons. The summed E-state index contributed by atoms with van der Waals surface area (Å²) in [6.45, 7) is 5.96. The summed E-state index contributed by atoms with van der Waals surface area (Å²) in [6.07, 6.45) is 2.00. The van der Waals surface area contributed by atoms with Crippen LogP contribution in [0.2, 0.25) is 5.02 Å². The first-order valence-electron chi connectivity index (χ1n) is 9.39. The Morgan fingerprint density at radius 1 is 1.37 bits per heavy atom. The van der Waals surface area contributed by atoms with Crippen LogP contribution in [0.5, 0.6) is 0 Å². The number of aliphatic hydroxyl groups is 1. The highest BCUT2D eigenvalue weighted by Gasteiger charge is 2.31. The van der Waals surface area contributed by atoms with E-state index in [9.17, 15) is 5.11 Å². The summed E-state index contributed by atoms with van der Waals surface area (Å²) in [4.78, 5) is 14.0. The number of nitrogens with zero attached hydrogens (tertiary/aromatic N) is 4. The quantitative estimate of drug-likeness (QED) is 0.724. The SMILES string of the molecule is CC(C)N1CNc2c(Nc3cccc(Cl)c3)nc(N3CCC[C@@H]3CO)nc21. The van der Waals surface area contributed by atoms with E-state index in [0.29, 0.717) is 23.7 Å². The van der Waals surface area contributed by atoms with Crippen LogP contribution >= 0.6 is 11.6 Å². The number of anilines is 5. The Balaban J connectivity index is 1.76. The van der Waals surface area contributed by atoms with Gasteiger partial charge in [0.25, 0.3) is 0 Å². The van der Waals surface area contributed by atoms with Gasteiger partial charge in [0.05, 0.1) is 19.3 Å². The van der Waals surface area contributed by atoms with Crippen molar-refractivity contribution in [2.45, 2.75) is 38.8 Å². The van der Waals surface area contributed by atoms with Gasteiger partial charge < -0.3 is 25.5 Å². The van der Waals surface area contributed by atoms with E-state index < -0.39 is 0 Å². The first-order valence-corrected chi connectivity index (χ1v) is 9.77. The van der Waals surface area contributed by atoms with Gasteiger partial charge in [0.15, 0.2) is 11.6 Å². The number of aromatic nitrogens is 2. The summed E-state index contributed by atoms with van der Waals surface area (Å²) in [5.74, 6) is 2.27. The summed E-state index contributed by atoms with van der Waals surface area (Å²) in [7, 11) is 0. The molecule has 2 aliphatic rings. The summed E-state index contributed by atoms with van der Waals surface area (Å²) in [6, 6.07) is 7.97. The molecule has 1 fully saturated rings. The van der Waals surface area contributed by atoms with Gasteiger partial charge in [0.1, 0.15) is 5.69 Å². The number of aliphatic hydroxyl groups excluding tert-OH is 1. The van der Waals surface area contributed by atoms with Gasteiger partial charge in [0.2, 0.25) is 5.95 Å². The maximum Gasteiger partial charge on any atom is 0.229 e. The third-order valence-corrected chi connectivity index (χ3v) is 5.37. The van der Waals surface area contributed by atoms with Crippen molar-refractivity contribution >= 4 is 40.6 Å². The van der Waals surface area contributed by atoms with E-state index in [1.165, 1.54) is 0 Å². The number of hydrogen-bond donors (Lipinski definition) is 3. The zero-order chi connectivity index (χ0) is 19.0. The highest BCUT2D eigenvalue weighted by Crippen LogP contribution is 2.40. The van der Waals surface area contributed by atoms with Gasteiger partial charge in [-0.1, -0.05) is 17.7 Å². The molecule has 1 aromatic heterocycles. The highest BCUT2D eigenvalue weighted by molar-refractivity contribution is 6.30. The van der Waals surface area contributed by atoms with E-state index in [1.807, 2.05) is 24.3 Å². The lowest BCUT2D eigenvalue weighted by Gasteiger charge is -2.26. The van der Waals surface area contributed by atoms with E-state index in [1.54, 1.807) is 0 Å². The Kier molecular flexibility index (Phi) is 4.97. The van der Waals surface area contributed by atoms with Crippen LogP contribution in [0.3, 0.4) is 0 Å². The fourth-order valence-electron chi connectivity index (χ4n) is 3.68. The maximum absolute atomic E-state index is 9.72. The summed E-state index contributed by atoms with van der Waals surface area (Å²) in [5, 5.41) is 17.2. The first kappa shape index (κ1) is 18.1. The molecule has 3 heterocycles. The maximum atomic E-state index is 9.72. The molecule has 2 aromatic rings. The molecule has 1 saturated heterocycles. The number of fused-ring (bicyclic) bond motifs is 1. The molecular formula is C19H25ClN6O. The van der Waals surface area contributed by atoms with Gasteiger partial charge in [-0.15, -0.1) is 0 Å². The molecule has 0 bridgehead atoms. The minimum absolute atomic E-state index is 0.0731. The van der Waals surface area contributed by atoms with Crippen molar-refractivity contribution < 1.29 is 5.11 Å². The van der Waals surface area contributed by atoms with Gasteiger partial charge in [-0.3, -0.25) is 0 Å². The Morgan fingerprint density at radius 3 is 2.96 bits per heavy atom. The van der Waals surface area contributed by atoms with Crippen molar-refractivity contribution in [1.29, 1.82) is 0 Å². The van der Waals surface area contributed by atoms with E-state index >= 15 is 0 Å². The van der Waals surface area contributed by atoms with Crippen LogP contribution in [0.25, 0.3) is 0 Å². The van der Waals surface area contributed by atoms with Crippen LogP contribution < -0.4 is 20.4 Å². The molecule has 1 atom stereocenters. The molecule has 0 aliphatic carbocycles. The van der Waals surface area contributed by atoms with Gasteiger partial charge in [-0.25, -0.2) is 0 Å². The second-order valence-electron chi connectivity index (χ2n) is 7.28. The van der Waals surface area contributed by atoms with Crippen LogP contribution in [0.15, 0.2) is 24.3 Å². The van der Waals surface area contributed by atoms with E-state index in [-0.39, 0.29) is 12.6 Å². The van der Waals surface area contributed by atoms with Crippen molar-refractivity contribution in [2.75, 3.05) is 40.3 Å². The molecule has 144 valence electrons. The van der Waals surface area contributed by atoms with Gasteiger partial charge >= 0.3 is 0 Å². The topological polar surface area (TPSA) is 76.5 Å². The minimum Gasteiger partial charge on any atom is -0.394 e.